The van der Waals surface area contributed by atoms with E-state index >= 15 is 0 Å². The van der Waals surface area contributed by atoms with E-state index in [1.807, 2.05) is 6.08 Å². The predicted molar refractivity (Wildman–Crippen MR) is 333 cm³/mol. The van der Waals surface area contributed by atoms with Crippen LogP contribution in [0.15, 0.2) is 85.1 Å². The summed E-state index contributed by atoms with van der Waals surface area (Å²) >= 11 is 0. The minimum absolute atomic E-state index is 0.0136. The molecule has 462 valence electrons. The third-order valence-corrected chi connectivity index (χ3v) is 14.9. The zero-order valence-electron chi connectivity index (χ0n) is 51.0. The van der Waals surface area contributed by atoms with Gasteiger partial charge in [-0.2, -0.15) is 0 Å². The van der Waals surface area contributed by atoms with Gasteiger partial charge in [-0.25, -0.2) is 0 Å². The van der Waals surface area contributed by atoms with Gasteiger partial charge in [0.25, 0.3) is 0 Å². The molecule has 1 aliphatic rings. The van der Waals surface area contributed by atoms with E-state index in [-0.39, 0.29) is 18.5 Å². The van der Waals surface area contributed by atoms with Crippen molar-refractivity contribution in [2.24, 2.45) is 0 Å². The number of carbonyl (C=O) groups excluding carboxylic acids is 2. The minimum atomic E-state index is -1.58. The van der Waals surface area contributed by atoms with Gasteiger partial charge < -0.3 is 45.1 Å². The Kier molecular flexibility index (Phi) is 53.9. The lowest BCUT2D eigenvalue weighted by atomic mass is 9.99. The van der Waals surface area contributed by atoms with Gasteiger partial charge in [-0.05, 0) is 109 Å². The Labute approximate surface area is 489 Å². The first kappa shape index (κ1) is 74.9. The maximum Gasteiger partial charge on any atom is 0.305 e. The molecule has 0 aliphatic carbocycles. The number of carbonyl (C=O) groups is 2. The second kappa shape index (κ2) is 57.6. The predicted octanol–water partition coefficient (Wildman–Crippen LogP) is 16.1. The number of allylic oxidation sites excluding steroid dienone is 13. The lowest BCUT2D eigenvalue weighted by Crippen LogP contribution is -2.60. The number of esters is 1. The Morgan fingerprint density at radius 2 is 0.887 bits per heavy atom. The van der Waals surface area contributed by atoms with Crippen LogP contribution in [-0.4, -0.2) is 100 Å². The smallest absolute Gasteiger partial charge is 0.305 e. The molecule has 0 spiro atoms. The Balaban J connectivity index is 1.98. The first-order valence-corrected chi connectivity index (χ1v) is 32.9. The van der Waals surface area contributed by atoms with Crippen LogP contribution in [-0.2, 0) is 23.8 Å². The van der Waals surface area contributed by atoms with Crippen molar-refractivity contribution in [2.45, 2.75) is 320 Å². The average molecular weight is 1120 g/mol. The van der Waals surface area contributed by atoms with E-state index in [1.165, 1.54) is 154 Å². The third-order valence-electron chi connectivity index (χ3n) is 14.9. The number of hydrogen-bond acceptors (Lipinski definition) is 10. The number of hydrogen-bond donors (Lipinski definition) is 6. The molecule has 1 rings (SSSR count). The van der Waals surface area contributed by atoms with Gasteiger partial charge in [0.15, 0.2) is 6.29 Å². The van der Waals surface area contributed by atoms with Gasteiger partial charge in [0.1, 0.15) is 24.4 Å². The lowest BCUT2D eigenvalue weighted by molar-refractivity contribution is -0.302. The van der Waals surface area contributed by atoms with E-state index in [1.54, 1.807) is 6.08 Å². The van der Waals surface area contributed by atoms with E-state index in [0.29, 0.717) is 19.4 Å². The van der Waals surface area contributed by atoms with E-state index in [2.05, 4.69) is 92.1 Å². The van der Waals surface area contributed by atoms with Crippen molar-refractivity contribution in [1.82, 2.24) is 5.32 Å². The Bertz CT molecular complexity index is 1600. The van der Waals surface area contributed by atoms with Crippen molar-refractivity contribution in [3.63, 3.8) is 0 Å². The first-order valence-electron chi connectivity index (χ1n) is 32.9. The molecular formula is C69H121NO10. The molecule has 0 radical (unpaired) electrons. The maximum atomic E-state index is 13.0. The first-order chi connectivity index (χ1) is 39.2. The van der Waals surface area contributed by atoms with E-state index < -0.39 is 49.5 Å². The highest BCUT2D eigenvalue weighted by Gasteiger charge is 2.44. The summed E-state index contributed by atoms with van der Waals surface area (Å²) in [5.41, 5.74) is 0. The Morgan fingerprint density at radius 1 is 0.475 bits per heavy atom. The zero-order chi connectivity index (χ0) is 58.0. The summed E-state index contributed by atoms with van der Waals surface area (Å²) in [6.45, 7) is 4.13. The highest BCUT2D eigenvalue weighted by atomic mass is 16.7. The molecule has 0 aromatic carbocycles. The van der Waals surface area contributed by atoms with Gasteiger partial charge in [0.05, 0.1) is 32.0 Å². The van der Waals surface area contributed by atoms with E-state index in [4.69, 9.17) is 14.2 Å². The van der Waals surface area contributed by atoms with Gasteiger partial charge in [-0.15, -0.1) is 0 Å². The summed E-state index contributed by atoms with van der Waals surface area (Å²) in [4.78, 5) is 25.0. The number of rotatable bonds is 56. The van der Waals surface area contributed by atoms with Crippen LogP contribution >= 0.6 is 0 Å². The van der Waals surface area contributed by atoms with Crippen LogP contribution < -0.4 is 5.32 Å². The number of unbranched alkanes of at least 4 members (excludes halogenated alkanes) is 30. The maximum absolute atomic E-state index is 13.0. The molecule has 7 atom stereocenters. The molecule has 7 unspecified atom stereocenters. The van der Waals surface area contributed by atoms with Gasteiger partial charge >= 0.3 is 5.97 Å². The Hall–Kier alpha value is -3.16. The van der Waals surface area contributed by atoms with Crippen LogP contribution in [0.25, 0.3) is 0 Å². The molecule has 0 aromatic rings. The number of amides is 1. The molecule has 1 amide bonds. The SMILES string of the molecule is CC/C=C/CC/C=C/CC/C=C/C(O)C(COC1OC(CO)C(O)C(O)C1O)NC(=O)CCCCCCCCCCCCCCC/C=C\C/C=C\CCCCCCCCCCCOC(=O)CCCCCCC/C=C\C/C=C\CCC. The van der Waals surface area contributed by atoms with Crippen molar-refractivity contribution in [2.75, 3.05) is 19.8 Å². The fourth-order valence-electron chi connectivity index (χ4n) is 9.78. The van der Waals surface area contributed by atoms with Crippen molar-refractivity contribution in [3.05, 3.63) is 85.1 Å². The zero-order valence-corrected chi connectivity index (χ0v) is 51.0. The summed E-state index contributed by atoms with van der Waals surface area (Å²) in [6.07, 6.45) is 68.6. The van der Waals surface area contributed by atoms with Crippen molar-refractivity contribution >= 4 is 11.9 Å². The number of aliphatic hydroxyl groups is 5. The van der Waals surface area contributed by atoms with Gasteiger partial charge in [0.2, 0.25) is 5.91 Å². The Morgan fingerprint density at radius 3 is 1.36 bits per heavy atom. The van der Waals surface area contributed by atoms with Crippen molar-refractivity contribution in [3.8, 4) is 0 Å². The fraction of sp³-hybridized carbons (Fsp3) is 0.768. The number of aliphatic hydroxyl groups excluding tert-OH is 5. The number of nitrogens with one attached hydrogen (secondary N) is 1. The largest absolute Gasteiger partial charge is 0.466 e. The monoisotopic (exact) mass is 1120 g/mol. The summed E-state index contributed by atoms with van der Waals surface area (Å²) in [5.74, 6) is -0.214. The molecule has 11 nitrogen and oxygen atoms in total. The number of ether oxygens (including phenoxy) is 3. The summed E-state index contributed by atoms with van der Waals surface area (Å²) in [7, 11) is 0. The average Bonchev–Trinajstić information content (AvgIpc) is 3.47. The van der Waals surface area contributed by atoms with Crippen LogP contribution in [0.3, 0.4) is 0 Å². The third kappa shape index (κ3) is 46.3. The molecule has 6 N–H and O–H groups in total. The van der Waals surface area contributed by atoms with Crippen LogP contribution in [0.1, 0.15) is 277 Å². The van der Waals surface area contributed by atoms with Crippen molar-refractivity contribution < 1.29 is 49.3 Å². The second-order valence-electron chi connectivity index (χ2n) is 22.4. The van der Waals surface area contributed by atoms with Crippen LogP contribution in [0.2, 0.25) is 0 Å². The highest BCUT2D eigenvalue weighted by molar-refractivity contribution is 5.76. The minimum Gasteiger partial charge on any atom is -0.466 e. The summed E-state index contributed by atoms with van der Waals surface area (Å²) in [5, 5.41) is 54.2. The summed E-state index contributed by atoms with van der Waals surface area (Å²) in [6, 6.07) is -0.836. The van der Waals surface area contributed by atoms with Gasteiger partial charge in [0, 0.05) is 12.8 Å². The summed E-state index contributed by atoms with van der Waals surface area (Å²) < 4.78 is 16.7. The molecule has 1 heterocycles. The molecule has 0 aromatic heterocycles. The molecule has 80 heavy (non-hydrogen) atoms. The van der Waals surface area contributed by atoms with Crippen LogP contribution in [0, 0.1) is 0 Å². The standard InChI is InChI=1S/C69H121NO10/c1-3-5-7-9-11-13-15-33-37-41-45-49-53-57-65(74)78-58-54-50-46-42-38-35-32-30-28-26-24-22-20-18-16-17-19-21-23-25-27-29-31-34-36-40-44-48-52-56-64(73)70-61(60-79-69-68(77)67(76)66(75)63(59-71)80-69)62(72)55-51-47-43-39-14-12-10-8-6-4-2/h6-9,13-16,18,22,24,39,51,55,61-63,66-69,71-72,75-77H,3-5,10-12,17,19-21,23,25-38,40-50,52-54,56-60H2,1-2H3,(H,70,73)/b8-6+,9-7-,15-13-,18-16-,24-22-,39-14+,55-51+. The van der Waals surface area contributed by atoms with Crippen LogP contribution in [0.4, 0.5) is 0 Å². The van der Waals surface area contributed by atoms with E-state index in [0.717, 1.165) is 96.3 Å². The topological polar surface area (TPSA) is 175 Å². The van der Waals surface area contributed by atoms with Crippen molar-refractivity contribution in [1.29, 1.82) is 0 Å². The van der Waals surface area contributed by atoms with Crippen LogP contribution in [0.5, 0.6) is 0 Å². The van der Waals surface area contributed by atoms with Gasteiger partial charge in [-0.1, -0.05) is 240 Å². The molecule has 0 saturated carbocycles. The fourth-order valence-corrected chi connectivity index (χ4v) is 9.78. The normalized spacial score (nSPS) is 18.9. The molecule has 1 saturated heterocycles. The quantitative estimate of drug-likeness (QED) is 0.0195. The van der Waals surface area contributed by atoms with Gasteiger partial charge in [-0.3, -0.25) is 9.59 Å². The molecular weight excluding hydrogens is 1000 g/mol. The second-order valence-corrected chi connectivity index (χ2v) is 22.4. The van der Waals surface area contributed by atoms with E-state index in [9.17, 15) is 35.1 Å². The molecule has 1 fully saturated rings. The lowest BCUT2D eigenvalue weighted by Gasteiger charge is -2.40. The highest BCUT2D eigenvalue weighted by Crippen LogP contribution is 2.23. The molecule has 11 heteroatoms. The molecule has 1 aliphatic heterocycles. The molecule has 0 bridgehead atoms.